The predicted molar refractivity (Wildman–Crippen MR) is 85.5 cm³/mol. The molecule has 0 saturated heterocycles. The van der Waals surface area contributed by atoms with Gasteiger partial charge in [0.15, 0.2) is 0 Å². The number of rotatable bonds is 3. The van der Waals surface area contributed by atoms with Crippen molar-refractivity contribution in [3.63, 3.8) is 0 Å². The van der Waals surface area contributed by atoms with E-state index in [1.54, 1.807) is 0 Å². The van der Waals surface area contributed by atoms with E-state index in [0.29, 0.717) is 5.75 Å². The maximum Gasteiger partial charge on any atom is 0.118 e. The normalized spacial score (nSPS) is 12.2. The first kappa shape index (κ1) is 14.4. The zero-order valence-corrected chi connectivity index (χ0v) is 12.9. The smallest absolute Gasteiger partial charge is 0.118 e. The number of aromatic hydroxyl groups is 1. The second kappa shape index (κ2) is 5.58. The topological polar surface area (TPSA) is 32.3 Å². The third kappa shape index (κ3) is 3.13. The van der Waals surface area contributed by atoms with E-state index in [0.717, 1.165) is 16.8 Å². The SMILES string of the molecule is Cc1cc(C)cc(C(C)Nc2cc(C)c(O)cc2C)c1. The van der Waals surface area contributed by atoms with Gasteiger partial charge in [-0.1, -0.05) is 29.3 Å². The van der Waals surface area contributed by atoms with Gasteiger partial charge in [0, 0.05) is 11.7 Å². The van der Waals surface area contributed by atoms with E-state index < -0.39 is 0 Å². The highest BCUT2D eigenvalue weighted by molar-refractivity contribution is 5.57. The molecule has 0 aliphatic heterocycles. The first-order valence-electron chi connectivity index (χ1n) is 7.02. The quantitative estimate of drug-likeness (QED) is 0.784. The van der Waals surface area contributed by atoms with Crippen LogP contribution in [-0.4, -0.2) is 5.11 Å². The van der Waals surface area contributed by atoms with Crippen molar-refractivity contribution in [1.82, 2.24) is 0 Å². The molecular formula is C18H23NO. The summed E-state index contributed by atoms with van der Waals surface area (Å²) in [6.45, 7) is 10.3. The number of hydrogen-bond acceptors (Lipinski definition) is 2. The van der Waals surface area contributed by atoms with Crippen LogP contribution in [0.15, 0.2) is 30.3 Å². The summed E-state index contributed by atoms with van der Waals surface area (Å²) in [5.41, 5.74) is 6.88. The molecule has 0 aliphatic carbocycles. The molecule has 0 aliphatic rings. The van der Waals surface area contributed by atoms with Gasteiger partial charge in [0.05, 0.1) is 0 Å². The van der Waals surface area contributed by atoms with Crippen molar-refractivity contribution in [1.29, 1.82) is 0 Å². The molecule has 0 radical (unpaired) electrons. The minimum atomic E-state index is 0.233. The zero-order valence-electron chi connectivity index (χ0n) is 12.9. The average molecular weight is 269 g/mol. The number of phenolic OH excluding ortho intramolecular Hbond substituents is 1. The number of aryl methyl sites for hydroxylation is 4. The van der Waals surface area contributed by atoms with Crippen molar-refractivity contribution in [2.45, 2.75) is 40.7 Å². The van der Waals surface area contributed by atoms with Gasteiger partial charge in [-0.15, -0.1) is 0 Å². The zero-order chi connectivity index (χ0) is 14.9. The summed E-state index contributed by atoms with van der Waals surface area (Å²) in [5.74, 6) is 0.354. The summed E-state index contributed by atoms with van der Waals surface area (Å²) in [4.78, 5) is 0. The maximum atomic E-state index is 9.72. The molecule has 2 aromatic rings. The van der Waals surface area contributed by atoms with Crippen LogP contribution in [0.3, 0.4) is 0 Å². The van der Waals surface area contributed by atoms with Gasteiger partial charge in [-0.2, -0.15) is 0 Å². The van der Waals surface area contributed by atoms with Crippen LogP contribution in [0.25, 0.3) is 0 Å². The van der Waals surface area contributed by atoms with Crippen molar-refractivity contribution in [2.24, 2.45) is 0 Å². The third-order valence-electron chi connectivity index (χ3n) is 3.66. The summed E-state index contributed by atoms with van der Waals surface area (Å²) in [5, 5.41) is 13.3. The summed E-state index contributed by atoms with van der Waals surface area (Å²) >= 11 is 0. The largest absolute Gasteiger partial charge is 0.508 e. The molecule has 20 heavy (non-hydrogen) atoms. The monoisotopic (exact) mass is 269 g/mol. The van der Waals surface area contributed by atoms with Gasteiger partial charge < -0.3 is 10.4 Å². The van der Waals surface area contributed by atoms with Crippen molar-refractivity contribution < 1.29 is 5.11 Å². The number of hydrogen-bond donors (Lipinski definition) is 2. The lowest BCUT2D eigenvalue weighted by molar-refractivity contribution is 0.470. The van der Waals surface area contributed by atoms with Crippen LogP contribution in [0.1, 0.15) is 40.8 Å². The number of benzene rings is 2. The second-order valence-corrected chi connectivity index (χ2v) is 5.74. The van der Waals surface area contributed by atoms with Gasteiger partial charge in [0.1, 0.15) is 5.75 Å². The summed E-state index contributed by atoms with van der Waals surface area (Å²) in [6, 6.07) is 10.7. The van der Waals surface area contributed by atoms with Crippen LogP contribution < -0.4 is 5.32 Å². The fourth-order valence-corrected chi connectivity index (χ4v) is 2.53. The molecule has 2 rings (SSSR count). The molecule has 106 valence electrons. The van der Waals surface area contributed by atoms with Crippen LogP contribution >= 0.6 is 0 Å². The lowest BCUT2D eigenvalue weighted by Gasteiger charge is -2.19. The van der Waals surface area contributed by atoms with E-state index in [-0.39, 0.29) is 6.04 Å². The molecule has 1 atom stereocenters. The van der Waals surface area contributed by atoms with Crippen LogP contribution in [0.4, 0.5) is 5.69 Å². The third-order valence-corrected chi connectivity index (χ3v) is 3.66. The second-order valence-electron chi connectivity index (χ2n) is 5.74. The number of phenols is 1. The lowest BCUT2D eigenvalue weighted by atomic mass is 10.0. The van der Waals surface area contributed by atoms with E-state index in [1.807, 2.05) is 26.0 Å². The van der Waals surface area contributed by atoms with Crippen LogP contribution in [0, 0.1) is 27.7 Å². The van der Waals surface area contributed by atoms with E-state index in [4.69, 9.17) is 0 Å². The Bertz CT molecular complexity index is 611. The average Bonchev–Trinajstić information content (AvgIpc) is 2.34. The van der Waals surface area contributed by atoms with Crippen molar-refractivity contribution in [3.8, 4) is 5.75 Å². The molecule has 0 amide bonds. The minimum Gasteiger partial charge on any atom is -0.508 e. The highest BCUT2D eigenvalue weighted by Crippen LogP contribution is 2.28. The number of anilines is 1. The van der Waals surface area contributed by atoms with Crippen LogP contribution in [0.5, 0.6) is 5.75 Å². The highest BCUT2D eigenvalue weighted by Gasteiger charge is 2.09. The van der Waals surface area contributed by atoms with Gasteiger partial charge in [-0.25, -0.2) is 0 Å². The molecule has 0 bridgehead atoms. The number of nitrogens with one attached hydrogen (secondary N) is 1. The fraction of sp³-hybridized carbons (Fsp3) is 0.333. The Morgan fingerprint density at radius 1 is 0.850 bits per heavy atom. The highest BCUT2D eigenvalue weighted by atomic mass is 16.3. The van der Waals surface area contributed by atoms with Gasteiger partial charge in [-0.05, 0) is 63.4 Å². The Kier molecular flexibility index (Phi) is 4.03. The van der Waals surface area contributed by atoms with Gasteiger partial charge in [0.25, 0.3) is 0 Å². The Morgan fingerprint density at radius 3 is 2.05 bits per heavy atom. The Hall–Kier alpha value is -1.96. The van der Waals surface area contributed by atoms with E-state index in [9.17, 15) is 5.11 Å². The molecule has 2 aromatic carbocycles. The first-order valence-corrected chi connectivity index (χ1v) is 7.02. The van der Waals surface area contributed by atoms with Crippen molar-refractivity contribution >= 4 is 5.69 Å². The molecule has 0 spiro atoms. The van der Waals surface area contributed by atoms with Crippen molar-refractivity contribution in [2.75, 3.05) is 5.32 Å². The van der Waals surface area contributed by atoms with Gasteiger partial charge >= 0.3 is 0 Å². The molecule has 0 heterocycles. The Labute approximate surface area is 121 Å². The summed E-state index contributed by atoms with van der Waals surface area (Å²) in [6.07, 6.45) is 0. The molecular weight excluding hydrogens is 246 g/mol. The summed E-state index contributed by atoms with van der Waals surface area (Å²) in [7, 11) is 0. The van der Waals surface area contributed by atoms with Gasteiger partial charge in [0.2, 0.25) is 0 Å². The molecule has 1 unspecified atom stereocenters. The predicted octanol–water partition coefficient (Wildman–Crippen LogP) is 4.80. The van der Waals surface area contributed by atoms with E-state index in [1.165, 1.54) is 16.7 Å². The Balaban J connectivity index is 2.27. The Morgan fingerprint density at radius 2 is 1.45 bits per heavy atom. The van der Waals surface area contributed by atoms with Crippen molar-refractivity contribution in [3.05, 3.63) is 58.1 Å². The van der Waals surface area contributed by atoms with Crippen LogP contribution in [-0.2, 0) is 0 Å². The molecule has 0 saturated carbocycles. The van der Waals surface area contributed by atoms with Gasteiger partial charge in [-0.3, -0.25) is 0 Å². The molecule has 2 N–H and O–H groups in total. The standard InChI is InChI=1S/C18H23NO/c1-11-6-12(2)8-16(7-11)15(5)19-17-9-14(4)18(20)10-13(17)3/h6-10,15,19-20H,1-5H3. The maximum absolute atomic E-state index is 9.72. The molecule has 2 nitrogen and oxygen atoms in total. The molecule has 0 aromatic heterocycles. The summed E-state index contributed by atoms with van der Waals surface area (Å²) < 4.78 is 0. The van der Waals surface area contributed by atoms with E-state index in [2.05, 4.69) is 44.3 Å². The first-order chi connectivity index (χ1) is 9.36. The molecule has 0 fully saturated rings. The lowest BCUT2D eigenvalue weighted by Crippen LogP contribution is -2.08. The molecule has 2 heteroatoms. The van der Waals surface area contributed by atoms with E-state index >= 15 is 0 Å². The van der Waals surface area contributed by atoms with Crippen LogP contribution in [0.2, 0.25) is 0 Å². The minimum absolute atomic E-state index is 0.233. The fourth-order valence-electron chi connectivity index (χ4n) is 2.53.